The number of anilines is 1. The molecular weight excluding hydrogens is 495 g/mol. The van der Waals surface area contributed by atoms with Gasteiger partial charge in [-0.15, -0.1) is 0 Å². The van der Waals surface area contributed by atoms with Crippen molar-refractivity contribution < 1.29 is 31.1 Å². The van der Waals surface area contributed by atoms with E-state index in [0.717, 1.165) is 23.9 Å². The summed E-state index contributed by atoms with van der Waals surface area (Å²) in [6, 6.07) is 10.4. The number of ether oxygens (including phenoxy) is 1. The molecule has 0 N–H and O–H groups in total. The summed E-state index contributed by atoms with van der Waals surface area (Å²) in [7, 11) is -4.22. The van der Waals surface area contributed by atoms with Gasteiger partial charge < -0.3 is 14.5 Å². The average Bonchev–Trinajstić information content (AvgIpc) is 2.82. The lowest BCUT2D eigenvalue weighted by Gasteiger charge is -2.37. The largest absolute Gasteiger partial charge is 0.444 e. The van der Waals surface area contributed by atoms with Crippen LogP contribution in [0.15, 0.2) is 64.5 Å². The summed E-state index contributed by atoms with van der Waals surface area (Å²) in [5.41, 5.74) is -0.282. The number of benzene rings is 2. The summed E-state index contributed by atoms with van der Waals surface area (Å²) in [5.74, 6) is 0. The van der Waals surface area contributed by atoms with Crippen molar-refractivity contribution in [2.75, 3.05) is 31.1 Å². The first kappa shape index (κ1) is 25.7. The second-order valence-electron chi connectivity index (χ2n) is 9.50. The minimum absolute atomic E-state index is 0.193. The Balaban J connectivity index is 1.58. The number of alkyl halides is 3. The maximum absolute atomic E-state index is 13.1. The first-order chi connectivity index (χ1) is 16.8. The lowest BCUT2D eigenvalue weighted by atomic mass is 10.1. The Labute approximate surface area is 207 Å². The number of hydrogen-bond acceptors (Lipinski definition) is 6. The Morgan fingerprint density at radius 1 is 0.944 bits per heavy atom. The zero-order valence-corrected chi connectivity index (χ0v) is 20.9. The van der Waals surface area contributed by atoms with E-state index in [1.54, 1.807) is 17.0 Å². The normalized spacial score (nSPS) is 15.3. The van der Waals surface area contributed by atoms with Crippen LogP contribution in [0.25, 0.3) is 10.9 Å². The molecular formula is C25H26F3N3O4S. The van der Waals surface area contributed by atoms with Gasteiger partial charge in [-0.05, 0) is 51.1 Å². The highest BCUT2D eigenvalue weighted by atomic mass is 32.2. The smallest absolute Gasteiger partial charge is 0.416 e. The first-order valence-corrected chi connectivity index (χ1v) is 12.8. The van der Waals surface area contributed by atoms with Crippen molar-refractivity contribution in [3.8, 4) is 0 Å². The Hall–Kier alpha value is -3.34. The summed E-state index contributed by atoms with van der Waals surface area (Å²) in [6.45, 7) is 7.40. The summed E-state index contributed by atoms with van der Waals surface area (Å²) in [5, 5.41) is 0.537. The van der Waals surface area contributed by atoms with Gasteiger partial charge in [-0.1, -0.05) is 18.2 Å². The number of piperazine rings is 1. The van der Waals surface area contributed by atoms with Gasteiger partial charge in [-0.3, -0.25) is 4.98 Å². The van der Waals surface area contributed by atoms with E-state index < -0.39 is 32.1 Å². The summed E-state index contributed by atoms with van der Waals surface area (Å²) < 4.78 is 70.8. The van der Waals surface area contributed by atoms with E-state index in [9.17, 15) is 26.4 Å². The molecule has 0 saturated carbocycles. The van der Waals surface area contributed by atoms with Crippen LogP contribution in [0.5, 0.6) is 0 Å². The first-order valence-electron chi connectivity index (χ1n) is 11.3. The fourth-order valence-electron chi connectivity index (χ4n) is 3.96. The topological polar surface area (TPSA) is 79.8 Å². The van der Waals surface area contributed by atoms with E-state index in [-0.39, 0.29) is 11.0 Å². The van der Waals surface area contributed by atoms with Crippen LogP contribution in [0.4, 0.5) is 23.7 Å². The van der Waals surface area contributed by atoms with E-state index >= 15 is 0 Å². The molecule has 1 amide bonds. The second kappa shape index (κ2) is 9.27. The number of fused-ring (bicyclic) bond motifs is 1. The molecule has 2 aromatic carbocycles. The third kappa shape index (κ3) is 5.40. The molecule has 1 aliphatic heterocycles. The zero-order chi connectivity index (χ0) is 26.3. The highest BCUT2D eigenvalue weighted by molar-refractivity contribution is 7.91. The maximum Gasteiger partial charge on any atom is 0.416 e. The van der Waals surface area contributed by atoms with Crippen molar-refractivity contribution in [1.82, 2.24) is 9.88 Å². The van der Waals surface area contributed by atoms with E-state index in [4.69, 9.17) is 4.74 Å². The molecule has 1 saturated heterocycles. The molecule has 192 valence electrons. The lowest BCUT2D eigenvalue weighted by Crippen LogP contribution is -2.50. The van der Waals surface area contributed by atoms with Crippen molar-refractivity contribution in [3.63, 3.8) is 0 Å². The highest BCUT2D eigenvalue weighted by Crippen LogP contribution is 2.33. The molecule has 0 atom stereocenters. The number of halogens is 3. The SMILES string of the molecule is CC(C)(C)OC(=O)N1CCN(c2cccc3cc(S(=O)(=O)c4cccc(C(F)(F)F)c4)cnc23)CC1. The fraction of sp³-hybridized carbons (Fsp3) is 0.360. The molecule has 0 unspecified atom stereocenters. The van der Waals surface area contributed by atoms with Crippen LogP contribution in [0.1, 0.15) is 26.3 Å². The number of rotatable bonds is 3. The van der Waals surface area contributed by atoms with E-state index in [1.165, 1.54) is 12.3 Å². The molecule has 2 heterocycles. The standard InChI is InChI=1S/C25H26F3N3O4S/c1-24(2,3)35-23(32)31-12-10-30(11-13-31)21-9-4-6-17-14-20(16-29-22(17)21)36(33,34)19-8-5-7-18(15-19)25(26,27)28/h4-9,14-16H,10-13H2,1-3H3. The third-order valence-corrected chi connectivity index (χ3v) is 7.44. The van der Waals surface area contributed by atoms with Crippen molar-refractivity contribution in [2.24, 2.45) is 0 Å². The molecule has 0 radical (unpaired) electrons. The van der Waals surface area contributed by atoms with Crippen LogP contribution in [0.2, 0.25) is 0 Å². The maximum atomic E-state index is 13.1. The molecule has 0 spiro atoms. The predicted octanol–water partition coefficient (Wildman–Crippen LogP) is 5.14. The van der Waals surface area contributed by atoms with Gasteiger partial charge in [0, 0.05) is 37.8 Å². The molecule has 36 heavy (non-hydrogen) atoms. The van der Waals surface area contributed by atoms with Crippen LogP contribution < -0.4 is 4.90 Å². The molecule has 0 bridgehead atoms. The molecule has 1 fully saturated rings. The van der Waals surface area contributed by atoms with E-state index in [1.807, 2.05) is 26.8 Å². The van der Waals surface area contributed by atoms with Crippen LogP contribution >= 0.6 is 0 Å². The Morgan fingerprint density at radius 3 is 2.25 bits per heavy atom. The van der Waals surface area contributed by atoms with Gasteiger partial charge in [0.2, 0.25) is 9.84 Å². The molecule has 1 aliphatic rings. The van der Waals surface area contributed by atoms with Crippen LogP contribution in [0.3, 0.4) is 0 Å². The summed E-state index contributed by atoms with van der Waals surface area (Å²) in [4.78, 5) is 19.8. The number of nitrogens with zero attached hydrogens (tertiary/aromatic N) is 3. The van der Waals surface area contributed by atoms with E-state index in [2.05, 4.69) is 9.88 Å². The predicted molar refractivity (Wildman–Crippen MR) is 129 cm³/mol. The zero-order valence-electron chi connectivity index (χ0n) is 20.0. The van der Waals surface area contributed by atoms with Crippen molar-refractivity contribution in [1.29, 1.82) is 0 Å². The van der Waals surface area contributed by atoms with Crippen LogP contribution in [-0.2, 0) is 20.8 Å². The Kier molecular flexibility index (Phi) is 6.63. The van der Waals surface area contributed by atoms with Gasteiger partial charge in [0.1, 0.15) is 5.60 Å². The molecule has 7 nitrogen and oxygen atoms in total. The van der Waals surface area contributed by atoms with Gasteiger partial charge in [0.15, 0.2) is 0 Å². The number of carbonyl (C=O) groups excluding carboxylic acids is 1. The van der Waals surface area contributed by atoms with E-state index in [0.29, 0.717) is 43.1 Å². The number of aromatic nitrogens is 1. The number of amides is 1. The Bertz CT molecular complexity index is 1390. The molecule has 1 aromatic heterocycles. The average molecular weight is 522 g/mol. The van der Waals surface area contributed by atoms with Crippen LogP contribution in [0, 0.1) is 0 Å². The minimum atomic E-state index is -4.66. The molecule has 3 aromatic rings. The van der Waals surface area contributed by atoms with Gasteiger partial charge >= 0.3 is 12.3 Å². The lowest BCUT2D eigenvalue weighted by molar-refractivity contribution is -0.137. The number of carbonyl (C=O) groups is 1. The number of para-hydroxylation sites is 1. The van der Waals surface area contributed by atoms with Crippen molar-refractivity contribution in [3.05, 3.63) is 60.3 Å². The second-order valence-corrected chi connectivity index (χ2v) is 11.5. The minimum Gasteiger partial charge on any atom is -0.444 e. The number of sulfone groups is 1. The Morgan fingerprint density at radius 2 is 1.61 bits per heavy atom. The summed E-state index contributed by atoms with van der Waals surface area (Å²) >= 11 is 0. The molecule has 4 rings (SSSR count). The van der Waals surface area contributed by atoms with Gasteiger partial charge in [0.25, 0.3) is 0 Å². The van der Waals surface area contributed by atoms with Gasteiger partial charge in [-0.25, -0.2) is 13.2 Å². The molecule has 0 aliphatic carbocycles. The summed E-state index contributed by atoms with van der Waals surface area (Å²) in [6.07, 6.45) is -3.86. The third-order valence-electron chi connectivity index (χ3n) is 5.72. The highest BCUT2D eigenvalue weighted by Gasteiger charge is 2.32. The van der Waals surface area contributed by atoms with Crippen molar-refractivity contribution >= 4 is 32.5 Å². The molecule has 11 heteroatoms. The van der Waals surface area contributed by atoms with Gasteiger partial charge in [0.05, 0.1) is 26.6 Å². The number of hydrogen-bond donors (Lipinski definition) is 0. The fourth-order valence-corrected chi connectivity index (χ4v) is 5.24. The van der Waals surface area contributed by atoms with Crippen LogP contribution in [-0.4, -0.2) is 56.2 Å². The van der Waals surface area contributed by atoms with Crippen molar-refractivity contribution in [2.45, 2.75) is 42.3 Å². The monoisotopic (exact) mass is 521 g/mol. The quantitative estimate of drug-likeness (QED) is 0.475. The number of pyridine rings is 1. The van der Waals surface area contributed by atoms with Gasteiger partial charge in [-0.2, -0.15) is 13.2 Å².